The van der Waals surface area contributed by atoms with Gasteiger partial charge in [0.1, 0.15) is 5.69 Å². The van der Waals surface area contributed by atoms with Crippen molar-refractivity contribution in [1.82, 2.24) is 9.71 Å². The molecule has 0 saturated carbocycles. The number of hydrogen-bond acceptors (Lipinski definition) is 2. The minimum Gasteiger partial charge on any atom is -0.428 e. The Morgan fingerprint density at radius 2 is 1.72 bits per heavy atom. The van der Waals surface area contributed by atoms with E-state index in [1.807, 2.05) is 0 Å². The smallest absolute Gasteiger partial charge is 0.390 e. The third kappa shape index (κ3) is 3.80. The van der Waals surface area contributed by atoms with Crippen LogP contribution in [0.15, 0.2) is 72.9 Å². The Hall–Kier alpha value is -2.99. The highest BCUT2D eigenvalue weighted by atomic mass is 35.5. The van der Waals surface area contributed by atoms with Crippen LogP contribution in [0.1, 0.15) is 23.5 Å². The fraction of sp³-hybridized carbons (Fsp3) is 0.136. The van der Waals surface area contributed by atoms with Gasteiger partial charge in [-0.1, -0.05) is 54.1 Å². The van der Waals surface area contributed by atoms with E-state index in [2.05, 4.69) is 4.98 Å². The largest absolute Gasteiger partial charge is 0.428 e. The first-order valence-corrected chi connectivity index (χ1v) is 9.29. The van der Waals surface area contributed by atoms with Crippen LogP contribution in [0.2, 0.25) is 5.02 Å². The first kappa shape index (κ1) is 19.3. The molecule has 2 aromatic heterocycles. The summed E-state index contributed by atoms with van der Waals surface area (Å²) in [7, 11) is 0. The van der Waals surface area contributed by atoms with E-state index in [1.165, 1.54) is 12.3 Å². The second kappa shape index (κ2) is 7.44. The van der Waals surface area contributed by atoms with E-state index >= 15 is 0 Å². The van der Waals surface area contributed by atoms with Crippen molar-refractivity contribution in [2.75, 3.05) is 0 Å². The van der Waals surface area contributed by atoms with E-state index in [0.29, 0.717) is 32.7 Å². The number of aromatic nitrogens is 2. The van der Waals surface area contributed by atoms with Crippen LogP contribution in [-0.2, 0) is 0 Å². The van der Waals surface area contributed by atoms with Gasteiger partial charge in [-0.15, -0.1) is 0 Å². The van der Waals surface area contributed by atoms with Gasteiger partial charge in [0.25, 0.3) is 0 Å². The molecule has 2 aromatic carbocycles. The molecule has 2 heterocycles. The Morgan fingerprint density at radius 1 is 1.00 bits per heavy atom. The zero-order chi connectivity index (χ0) is 20.6. The van der Waals surface area contributed by atoms with E-state index in [9.17, 15) is 18.4 Å². The van der Waals surface area contributed by atoms with Gasteiger partial charge in [-0.25, -0.2) is 0 Å². The molecule has 0 saturated heterocycles. The number of fused-ring (bicyclic) bond motifs is 1. The van der Waals surface area contributed by atoms with Crippen molar-refractivity contribution < 1.29 is 18.4 Å². The number of alkyl halides is 3. The van der Waals surface area contributed by atoms with E-state index in [-0.39, 0.29) is 5.69 Å². The summed E-state index contributed by atoms with van der Waals surface area (Å²) >= 11 is 6.08. The van der Waals surface area contributed by atoms with Gasteiger partial charge in [0.05, 0.1) is 17.6 Å². The third-order valence-electron chi connectivity index (χ3n) is 4.84. The molecule has 0 fully saturated rings. The molecule has 0 radical (unpaired) electrons. The fourth-order valence-corrected chi connectivity index (χ4v) is 3.84. The predicted octanol–water partition coefficient (Wildman–Crippen LogP) is 6.68. The molecule has 1 atom stereocenters. The summed E-state index contributed by atoms with van der Waals surface area (Å²) < 4.78 is 41.6. The van der Waals surface area contributed by atoms with Crippen LogP contribution in [0.25, 0.3) is 22.3 Å². The number of hydrogen-bond donors (Lipinski definition) is 1. The van der Waals surface area contributed by atoms with Crippen LogP contribution < -0.4 is 0 Å². The van der Waals surface area contributed by atoms with Crippen LogP contribution in [0, 0.1) is 0 Å². The van der Waals surface area contributed by atoms with Gasteiger partial charge in [0.2, 0.25) is 0 Å². The maximum atomic E-state index is 13.6. The third-order valence-corrected chi connectivity index (χ3v) is 5.07. The van der Waals surface area contributed by atoms with Gasteiger partial charge in [0, 0.05) is 22.5 Å². The number of nitrogens with zero attached hydrogens (tertiary/aromatic N) is 2. The molecule has 3 nitrogen and oxygen atoms in total. The lowest BCUT2D eigenvalue weighted by molar-refractivity contribution is -0.136. The molecule has 0 aliphatic rings. The van der Waals surface area contributed by atoms with E-state index < -0.39 is 18.5 Å². The second-order valence-electron chi connectivity index (χ2n) is 6.73. The summed E-state index contributed by atoms with van der Waals surface area (Å²) in [6.07, 6.45) is -3.94. The molecule has 7 heteroatoms. The van der Waals surface area contributed by atoms with Crippen molar-refractivity contribution >= 4 is 22.5 Å². The predicted molar refractivity (Wildman–Crippen MR) is 106 cm³/mol. The average Bonchev–Trinajstić information content (AvgIpc) is 2.98. The topological polar surface area (TPSA) is 38.0 Å². The van der Waals surface area contributed by atoms with E-state index in [0.717, 1.165) is 4.73 Å². The Morgan fingerprint density at radius 3 is 2.38 bits per heavy atom. The Labute approximate surface area is 170 Å². The molecule has 0 aliphatic heterocycles. The van der Waals surface area contributed by atoms with Crippen molar-refractivity contribution in [2.24, 2.45) is 0 Å². The summed E-state index contributed by atoms with van der Waals surface area (Å²) in [5.41, 5.74) is 1.79. The molecule has 1 unspecified atom stereocenters. The fourth-order valence-electron chi connectivity index (χ4n) is 3.68. The van der Waals surface area contributed by atoms with E-state index in [1.54, 1.807) is 60.7 Å². The lowest BCUT2D eigenvalue weighted by atomic mass is 9.85. The lowest BCUT2D eigenvalue weighted by Crippen LogP contribution is -2.16. The molecule has 0 amide bonds. The minimum atomic E-state index is -4.40. The first-order valence-electron chi connectivity index (χ1n) is 8.91. The van der Waals surface area contributed by atoms with Gasteiger partial charge in [-0.05, 0) is 35.4 Å². The highest BCUT2D eigenvalue weighted by Crippen LogP contribution is 2.44. The van der Waals surface area contributed by atoms with Gasteiger partial charge in [-0.2, -0.15) is 17.9 Å². The summed E-state index contributed by atoms with van der Waals surface area (Å²) in [6, 6.07) is 18.3. The Kier molecular flexibility index (Phi) is 4.96. The van der Waals surface area contributed by atoms with Crippen LogP contribution in [-0.4, -0.2) is 21.1 Å². The number of halogens is 4. The molecular formula is C22H16ClF3N2O. The van der Waals surface area contributed by atoms with Gasteiger partial charge in [0.15, 0.2) is 0 Å². The zero-order valence-corrected chi connectivity index (χ0v) is 15.8. The average molecular weight is 417 g/mol. The molecule has 1 N–H and O–H groups in total. The second-order valence-corrected chi connectivity index (χ2v) is 7.17. The minimum absolute atomic E-state index is 0.223. The maximum Gasteiger partial charge on any atom is 0.390 e. The summed E-state index contributed by atoms with van der Waals surface area (Å²) in [5, 5.41) is 11.7. The number of benzene rings is 2. The molecule has 0 aliphatic carbocycles. The molecule has 0 bridgehead atoms. The maximum absolute atomic E-state index is 13.6. The summed E-state index contributed by atoms with van der Waals surface area (Å²) in [4.78, 5) is 4.27. The highest BCUT2D eigenvalue weighted by molar-refractivity contribution is 6.31. The molecule has 148 valence electrons. The van der Waals surface area contributed by atoms with Gasteiger partial charge < -0.3 is 5.21 Å². The molecule has 4 rings (SSSR count). The van der Waals surface area contributed by atoms with Gasteiger partial charge >= 0.3 is 6.18 Å². The lowest BCUT2D eigenvalue weighted by Gasteiger charge is -2.21. The summed E-state index contributed by atoms with van der Waals surface area (Å²) in [5.74, 6) is -1.02. The molecular weight excluding hydrogens is 401 g/mol. The highest BCUT2D eigenvalue weighted by Gasteiger charge is 2.37. The first-order chi connectivity index (χ1) is 13.8. The molecule has 29 heavy (non-hydrogen) atoms. The molecule has 4 aromatic rings. The van der Waals surface area contributed by atoms with Crippen LogP contribution in [0.3, 0.4) is 0 Å². The zero-order valence-electron chi connectivity index (χ0n) is 15.1. The standard InChI is InChI=1S/C22H16ClF3N2O/c23-15-9-10-16-19(12-15)28(29)21(18-8-4-5-11-27-18)20(16)17(13-22(24,25)26)14-6-2-1-3-7-14/h1-12,17,29H,13H2. The van der Waals surface area contributed by atoms with Crippen LogP contribution in [0.5, 0.6) is 0 Å². The van der Waals surface area contributed by atoms with Crippen molar-refractivity contribution in [3.63, 3.8) is 0 Å². The normalized spacial score (nSPS) is 13.0. The van der Waals surface area contributed by atoms with Crippen molar-refractivity contribution in [3.05, 3.63) is 89.1 Å². The van der Waals surface area contributed by atoms with Gasteiger partial charge in [-0.3, -0.25) is 4.98 Å². The number of rotatable bonds is 4. The van der Waals surface area contributed by atoms with Crippen LogP contribution in [0.4, 0.5) is 13.2 Å². The summed E-state index contributed by atoms with van der Waals surface area (Å²) in [6.45, 7) is 0. The monoisotopic (exact) mass is 416 g/mol. The molecule has 0 spiro atoms. The Balaban J connectivity index is 2.06. The quantitative estimate of drug-likeness (QED) is 0.377. The van der Waals surface area contributed by atoms with Crippen molar-refractivity contribution in [1.29, 1.82) is 0 Å². The van der Waals surface area contributed by atoms with E-state index in [4.69, 9.17) is 11.6 Å². The SMILES string of the molecule is On1c(-c2ccccn2)c(C(CC(F)(F)F)c2ccccc2)c2ccc(Cl)cc21. The number of pyridine rings is 1. The Bertz CT molecular complexity index is 1140. The van der Waals surface area contributed by atoms with Crippen LogP contribution >= 0.6 is 11.6 Å². The van der Waals surface area contributed by atoms with Crippen molar-refractivity contribution in [3.8, 4) is 11.4 Å². The van der Waals surface area contributed by atoms with Crippen molar-refractivity contribution in [2.45, 2.75) is 18.5 Å².